The Labute approximate surface area is 118 Å². The standard InChI is InChI=1S/C15H21N3S/c1-12(11-18-8-4-5-9-18)16-10-15-17-13-6-2-3-7-14(13)19-15/h2-3,6-7,12,16H,4-5,8-11H2,1H3. The summed E-state index contributed by atoms with van der Waals surface area (Å²) in [5.74, 6) is 0. The first-order chi connectivity index (χ1) is 9.31. The number of likely N-dealkylation sites (tertiary alicyclic amines) is 1. The van der Waals surface area contributed by atoms with Gasteiger partial charge in [-0.2, -0.15) is 0 Å². The summed E-state index contributed by atoms with van der Waals surface area (Å²) < 4.78 is 1.28. The van der Waals surface area contributed by atoms with Crippen LogP contribution >= 0.6 is 11.3 Å². The Morgan fingerprint density at radius 2 is 2.11 bits per heavy atom. The quantitative estimate of drug-likeness (QED) is 0.909. The van der Waals surface area contributed by atoms with Crippen LogP contribution in [0.1, 0.15) is 24.8 Å². The highest BCUT2D eigenvalue weighted by Gasteiger charge is 2.14. The van der Waals surface area contributed by atoms with Crippen molar-refractivity contribution >= 4 is 21.6 Å². The Morgan fingerprint density at radius 3 is 2.89 bits per heavy atom. The first kappa shape index (κ1) is 13.0. The third-order valence-corrected chi connectivity index (χ3v) is 4.71. The third kappa shape index (κ3) is 3.32. The minimum atomic E-state index is 0.533. The van der Waals surface area contributed by atoms with Crippen molar-refractivity contribution in [1.82, 2.24) is 15.2 Å². The minimum absolute atomic E-state index is 0.533. The number of nitrogens with zero attached hydrogens (tertiary/aromatic N) is 2. The van der Waals surface area contributed by atoms with Crippen LogP contribution in [0.5, 0.6) is 0 Å². The average Bonchev–Trinajstić information content (AvgIpc) is 3.04. The molecule has 0 bridgehead atoms. The van der Waals surface area contributed by atoms with Crippen molar-refractivity contribution < 1.29 is 0 Å². The van der Waals surface area contributed by atoms with Gasteiger partial charge in [0.25, 0.3) is 0 Å². The van der Waals surface area contributed by atoms with Gasteiger partial charge in [-0.3, -0.25) is 0 Å². The second-order valence-electron chi connectivity index (χ2n) is 5.36. The molecule has 0 radical (unpaired) electrons. The molecule has 1 aromatic heterocycles. The number of para-hydroxylation sites is 1. The van der Waals surface area contributed by atoms with Crippen LogP contribution in [0.2, 0.25) is 0 Å². The van der Waals surface area contributed by atoms with E-state index in [0.29, 0.717) is 6.04 Å². The van der Waals surface area contributed by atoms with Crippen molar-refractivity contribution in [2.24, 2.45) is 0 Å². The van der Waals surface area contributed by atoms with Crippen molar-refractivity contribution in [2.45, 2.75) is 32.4 Å². The van der Waals surface area contributed by atoms with Crippen LogP contribution in [0.25, 0.3) is 10.2 Å². The van der Waals surface area contributed by atoms with Crippen molar-refractivity contribution in [1.29, 1.82) is 0 Å². The van der Waals surface area contributed by atoms with Crippen LogP contribution in [-0.2, 0) is 6.54 Å². The lowest BCUT2D eigenvalue weighted by atomic mass is 10.3. The van der Waals surface area contributed by atoms with E-state index in [1.165, 1.54) is 35.6 Å². The zero-order valence-electron chi connectivity index (χ0n) is 11.4. The fourth-order valence-electron chi connectivity index (χ4n) is 2.67. The summed E-state index contributed by atoms with van der Waals surface area (Å²) in [7, 11) is 0. The Hall–Kier alpha value is -0.970. The highest BCUT2D eigenvalue weighted by Crippen LogP contribution is 2.21. The molecule has 1 saturated heterocycles. The van der Waals surface area contributed by atoms with Gasteiger partial charge in [0.05, 0.1) is 10.2 Å². The van der Waals surface area contributed by atoms with Crippen molar-refractivity contribution in [3.63, 3.8) is 0 Å². The van der Waals surface area contributed by atoms with E-state index >= 15 is 0 Å². The van der Waals surface area contributed by atoms with Crippen LogP contribution in [0.15, 0.2) is 24.3 Å². The van der Waals surface area contributed by atoms with Gasteiger partial charge >= 0.3 is 0 Å². The highest BCUT2D eigenvalue weighted by molar-refractivity contribution is 7.18. The Balaban J connectivity index is 1.53. The lowest BCUT2D eigenvalue weighted by molar-refractivity contribution is 0.298. The predicted octanol–water partition coefficient (Wildman–Crippen LogP) is 2.87. The number of benzene rings is 1. The molecule has 3 nitrogen and oxygen atoms in total. The fourth-order valence-corrected chi connectivity index (χ4v) is 3.59. The SMILES string of the molecule is CC(CN1CCCC1)NCc1nc2ccccc2s1. The van der Waals surface area contributed by atoms with E-state index in [1.807, 2.05) is 0 Å². The second-order valence-corrected chi connectivity index (χ2v) is 6.48. The summed E-state index contributed by atoms with van der Waals surface area (Å²) in [6.07, 6.45) is 2.73. The van der Waals surface area contributed by atoms with Crippen LogP contribution in [-0.4, -0.2) is 35.6 Å². The molecule has 3 rings (SSSR count). The zero-order chi connectivity index (χ0) is 13.1. The second kappa shape index (κ2) is 5.99. The fraction of sp³-hybridized carbons (Fsp3) is 0.533. The summed E-state index contributed by atoms with van der Waals surface area (Å²) in [6, 6.07) is 8.89. The molecule has 0 aliphatic carbocycles. The Bertz CT molecular complexity index is 498. The summed E-state index contributed by atoms with van der Waals surface area (Å²) in [4.78, 5) is 7.21. The maximum absolute atomic E-state index is 4.66. The van der Waals surface area contributed by atoms with E-state index in [2.05, 4.69) is 46.4 Å². The van der Waals surface area contributed by atoms with Crippen molar-refractivity contribution in [2.75, 3.05) is 19.6 Å². The lowest BCUT2D eigenvalue weighted by Crippen LogP contribution is -2.37. The van der Waals surface area contributed by atoms with E-state index in [9.17, 15) is 0 Å². The van der Waals surface area contributed by atoms with E-state index in [4.69, 9.17) is 0 Å². The van der Waals surface area contributed by atoms with E-state index < -0.39 is 0 Å². The van der Waals surface area contributed by atoms with Gasteiger partial charge in [-0.15, -0.1) is 11.3 Å². The van der Waals surface area contributed by atoms with E-state index in [0.717, 1.165) is 18.6 Å². The monoisotopic (exact) mass is 275 g/mol. The number of aromatic nitrogens is 1. The van der Waals surface area contributed by atoms with E-state index in [1.54, 1.807) is 11.3 Å². The lowest BCUT2D eigenvalue weighted by Gasteiger charge is -2.20. The first-order valence-corrected chi connectivity index (χ1v) is 7.93. The molecule has 2 heterocycles. The molecule has 0 saturated carbocycles. The number of fused-ring (bicyclic) bond motifs is 1. The number of hydrogen-bond acceptors (Lipinski definition) is 4. The average molecular weight is 275 g/mol. The summed E-state index contributed by atoms with van der Waals surface area (Å²) in [5, 5.41) is 4.78. The smallest absolute Gasteiger partial charge is 0.108 e. The van der Waals surface area contributed by atoms with Crippen LogP contribution in [0.3, 0.4) is 0 Å². The largest absolute Gasteiger partial charge is 0.307 e. The number of rotatable bonds is 5. The zero-order valence-corrected chi connectivity index (χ0v) is 12.2. The van der Waals surface area contributed by atoms with Gasteiger partial charge in [-0.25, -0.2) is 4.98 Å². The van der Waals surface area contributed by atoms with Gasteiger partial charge in [0.1, 0.15) is 5.01 Å². The van der Waals surface area contributed by atoms with Gasteiger partial charge in [-0.1, -0.05) is 12.1 Å². The Kier molecular flexibility index (Phi) is 4.11. The molecule has 1 aliphatic heterocycles. The maximum atomic E-state index is 4.66. The molecule has 1 N–H and O–H groups in total. The minimum Gasteiger partial charge on any atom is -0.307 e. The molecule has 102 valence electrons. The molecule has 1 aromatic carbocycles. The maximum Gasteiger partial charge on any atom is 0.108 e. The van der Waals surface area contributed by atoms with Crippen LogP contribution in [0, 0.1) is 0 Å². The first-order valence-electron chi connectivity index (χ1n) is 7.11. The summed E-state index contributed by atoms with van der Waals surface area (Å²) >= 11 is 1.79. The third-order valence-electron chi connectivity index (χ3n) is 3.67. The van der Waals surface area contributed by atoms with Gasteiger partial charge in [0, 0.05) is 19.1 Å². The molecule has 0 spiro atoms. The summed E-state index contributed by atoms with van der Waals surface area (Å²) in [6.45, 7) is 6.85. The van der Waals surface area contributed by atoms with Crippen LogP contribution in [0.4, 0.5) is 0 Å². The van der Waals surface area contributed by atoms with Gasteiger partial charge in [0.15, 0.2) is 0 Å². The number of thiazole rings is 1. The van der Waals surface area contributed by atoms with E-state index in [-0.39, 0.29) is 0 Å². The summed E-state index contributed by atoms with van der Waals surface area (Å²) in [5.41, 5.74) is 1.12. The highest BCUT2D eigenvalue weighted by atomic mass is 32.1. The molecule has 1 unspecified atom stereocenters. The topological polar surface area (TPSA) is 28.2 Å². The van der Waals surface area contributed by atoms with Crippen molar-refractivity contribution in [3.8, 4) is 0 Å². The van der Waals surface area contributed by atoms with Crippen LogP contribution < -0.4 is 5.32 Å². The predicted molar refractivity (Wildman–Crippen MR) is 81.6 cm³/mol. The molecule has 2 aromatic rings. The van der Waals surface area contributed by atoms with Gasteiger partial charge < -0.3 is 10.2 Å². The van der Waals surface area contributed by atoms with Gasteiger partial charge in [0.2, 0.25) is 0 Å². The normalized spacial score (nSPS) is 18.2. The molecule has 1 atom stereocenters. The number of nitrogens with one attached hydrogen (secondary N) is 1. The molecular formula is C15H21N3S. The molecule has 0 amide bonds. The Morgan fingerprint density at radius 1 is 1.32 bits per heavy atom. The number of hydrogen-bond donors (Lipinski definition) is 1. The van der Waals surface area contributed by atoms with Crippen molar-refractivity contribution in [3.05, 3.63) is 29.3 Å². The van der Waals surface area contributed by atoms with Gasteiger partial charge in [-0.05, 0) is 45.0 Å². The molecule has 1 fully saturated rings. The molecule has 1 aliphatic rings. The molecule has 4 heteroatoms. The molecular weight excluding hydrogens is 254 g/mol. The molecule has 19 heavy (non-hydrogen) atoms.